The number of carbonyl (C=O) groups excluding carboxylic acids is 1. The Hall–Kier alpha value is -1.87. The summed E-state index contributed by atoms with van der Waals surface area (Å²) >= 11 is 0. The molecule has 0 aromatic heterocycles. The van der Waals surface area contributed by atoms with Gasteiger partial charge in [-0.05, 0) is 30.9 Å². The van der Waals surface area contributed by atoms with E-state index in [0.717, 1.165) is 12.1 Å². The zero-order valence-electron chi connectivity index (χ0n) is 11.4. The van der Waals surface area contributed by atoms with Gasteiger partial charge in [-0.1, -0.05) is 42.5 Å². The van der Waals surface area contributed by atoms with Crippen LogP contribution in [0.2, 0.25) is 0 Å². The second kappa shape index (κ2) is 5.25. The largest absolute Gasteiger partial charge is 0.396 e. The SMILES string of the molecule is O=C1N(c2ccccc2)C[C@@H](CCO)[C@@]12C=CC=CC2. The van der Waals surface area contributed by atoms with E-state index in [2.05, 4.69) is 6.08 Å². The minimum absolute atomic E-state index is 0.125. The fourth-order valence-electron chi connectivity index (χ4n) is 3.33. The van der Waals surface area contributed by atoms with Crippen LogP contribution < -0.4 is 4.90 Å². The van der Waals surface area contributed by atoms with Crippen molar-refractivity contribution in [1.82, 2.24) is 0 Å². The summed E-state index contributed by atoms with van der Waals surface area (Å²) in [7, 11) is 0. The molecule has 1 amide bonds. The summed E-state index contributed by atoms with van der Waals surface area (Å²) in [5, 5.41) is 9.31. The minimum atomic E-state index is -0.465. The van der Waals surface area contributed by atoms with E-state index in [1.54, 1.807) is 0 Å². The van der Waals surface area contributed by atoms with E-state index in [0.29, 0.717) is 13.0 Å². The van der Waals surface area contributed by atoms with Crippen molar-refractivity contribution in [2.75, 3.05) is 18.1 Å². The molecule has 2 aliphatic rings. The van der Waals surface area contributed by atoms with Crippen LogP contribution in [0.4, 0.5) is 5.69 Å². The number of benzene rings is 1. The fourth-order valence-corrected chi connectivity index (χ4v) is 3.33. The number of hydrogen-bond acceptors (Lipinski definition) is 2. The fraction of sp³-hybridized carbons (Fsp3) is 0.353. The van der Waals surface area contributed by atoms with Gasteiger partial charge in [0.1, 0.15) is 0 Å². The highest BCUT2D eigenvalue weighted by molar-refractivity contribution is 6.01. The van der Waals surface area contributed by atoms with E-state index in [1.165, 1.54) is 0 Å². The van der Waals surface area contributed by atoms with Gasteiger partial charge in [-0.3, -0.25) is 4.79 Å². The molecule has 3 heteroatoms. The monoisotopic (exact) mass is 269 g/mol. The Bertz CT molecular complexity index is 549. The first-order valence-electron chi connectivity index (χ1n) is 7.10. The van der Waals surface area contributed by atoms with Gasteiger partial charge in [0.05, 0.1) is 5.41 Å². The van der Waals surface area contributed by atoms with Gasteiger partial charge in [-0.15, -0.1) is 0 Å². The minimum Gasteiger partial charge on any atom is -0.396 e. The van der Waals surface area contributed by atoms with E-state index in [-0.39, 0.29) is 18.4 Å². The normalized spacial score (nSPS) is 28.6. The lowest BCUT2D eigenvalue weighted by molar-refractivity contribution is -0.124. The molecule has 3 rings (SSSR count). The highest BCUT2D eigenvalue weighted by Crippen LogP contribution is 2.46. The van der Waals surface area contributed by atoms with Gasteiger partial charge >= 0.3 is 0 Å². The van der Waals surface area contributed by atoms with Crippen LogP contribution in [0.5, 0.6) is 0 Å². The zero-order chi connectivity index (χ0) is 14.0. The van der Waals surface area contributed by atoms with E-state index >= 15 is 0 Å². The van der Waals surface area contributed by atoms with Crippen LogP contribution in [0.15, 0.2) is 54.6 Å². The lowest BCUT2D eigenvalue weighted by Crippen LogP contribution is -2.35. The number of aliphatic hydroxyl groups is 1. The van der Waals surface area contributed by atoms with Crippen molar-refractivity contribution < 1.29 is 9.90 Å². The summed E-state index contributed by atoms with van der Waals surface area (Å²) < 4.78 is 0. The van der Waals surface area contributed by atoms with Gasteiger partial charge in [0, 0.05) is 18.8 Å². The van der Waals surface area contributed by atoms with Crippen LogP contribution in [-0.4, -0.2) is 24.2 Å². The second-order valence-corrected chi connectivity index (χ2v) is 5.49. The summed E-state index contributed by atoms with van der Waals surface area (Å²) in [6.45, 7) is 0.807. The number of hydrogen-bond donors (Lipinski definition) is 1. The lowest BCUT2D eigenvalue weighted by atomic mass is 9.71. The summed E-state index contributed by atoms with van der Waals surface area (Å²) in [6, 6.07) is 9.79. The predicted octanol–water partition coefficient (Wildman–Crippen LogP) is 2.53. The molecule has 0 bridgehead atoms. The van der Waals surface area contributed by atoms with Gasteiger partial charge < -0.3 is 10.0 Å². The highest BCUT2D eigenvalue weighted by Gasteiger charge is 2.51. The average molecular weight is 269 g/mol. The van der Waals surface area contributed by atoms with Crippen molar-refractivity contribution in [3.63, 3.8) is 0 Å². The van der Waals surface area contributed by atoms with E-state index < -0.39 is 5.41 Å². The van der Waals surface area contributed by atoms with Crippen LogP contribution in [0.3, 0.4) is 0 Å². The molecule has 1 saturated heterocycles. The van der Waals surface area contributed by atoms with Gasteiger partial charge in [-0.25, -0.2) is 0 Å². The molecule has 20 heavy (non-hydrogen) atoms. The number of rotatable bonds is 3. The van der Waals surface area contributed by atoms with Gasteiger partial charge in [0.15, 0.2) is 0 Å². The Labute approximate surface area is 119 Å². The molecule has 1 aliphatic heterocycles. The molecule has 1 aliphatic carbocycles. The first-order chi connectivity index (χ1) is 9.78. The van der Waals surface area contributed by atoms with Crippen LogP contribution >= 0.6 is 0 Å². The maximum atomic E-state index is 12.9. The molecule has 3 nitrogen and oxygen atoms in total. The third-order valence-electron chi connectivity index (χ3n) is 4.42. The number of aliphatic hydroxyl groups excluding tert-OH is 1. The molecular weight excluding hydrogens is 250 g/mol. The Kier molecular flexibility index (Phi) is 3.45. The average Bonchev–Trinajstić information content (AvgIpc) is 2.76. The van der Waals surface area contributed by atoms with Crippen LogP contribution in [0.25, 0.3) is 0 Å². The molecule has 2 atom stereocenters. The molecular formula is C17H19NO2. The molecule has 0 radical (unpaired) electrons. The Morgan fingerprint density at radius 1 is 1.25 bits per heavy atom. The first-order valence-corrected chi connectivity index (χ1v) is 7.10. The number of para-hydroxylation sites is 1. The number of carbonyl (C=O) groups is 1. The third kappa shape index (κ3) is 1.98. The van der Waals surface area contributed by atoms with Crippen molar-refractivity contribution >= 4 is 11.6 Å². The maximum absolute atomic E-state index is 12.9. The molecule has 104 valence electrons. The van der Waals surface area contributed by atoms with Gasteiger partial charge in [0.2, 0.25) is 5.91 Å². The van der Waals surface area contributed by atoms with Crippen molar-refractivity contribution in [2.45, 2.75) is 12.8 Å². The number of anilines is 1. The topological polar surface area (TPSA) is 40.5 Å². The highest BCUT2D eigenvalue weighted by atomic mass is 16.3. The number of amides is 1. The number of allylic oxidation sites excluding steroid dienone is 3. The first kappa shape index (κ1) is 13.1. The van der Waals surface area contributed by atoms with Crippen molar-refractivity contribution in [3.05, 3.63) is 54.6 Å². The molecule has 1 N–H and O–H groups in total. The Morgan fingerprint density at radius 2 is 2.05 bits per heavy atom. The second-order valence-electron chi connectivity index (χ2n) is 5.49. The van der Waals surface area contributed by atoms with Crippen LogP contribution in [0.1, 0.15) is 12.8 Å². The van der Waals surface area contributed by atoms with Crippen molar-refractivity contribution in [1.29, 1.82) is 0 Å². The third-order valence-corrected chi connectivity index (χ3v) is 4.42. The quantitative estimate of drug-likeness (QED) is 0.916. The van der Waals surface area contributed by atoms with Crippen molar-refractivity contribution in [3.8, 4) is 0 Å². The Balaban J connectivity index is 1.96. The molecule has 1 spiro atoms. The summed E-state index contributed by atoms with van der Waals surface area (Å²) in [6.07, 6.45) is 9.42. The summed E-state index contributed by atoms with van der Waals surface area (Å²) in [4.78, 5) is 14.8. The van der Waals surface area contributed by atoms with Gasteiger partial charge in [0.25, 0.3) is 0 Å². The van der Waals surface area contributed by atoms with Crippen molar-refractivity contribution in [2.24, 2.45) is 11.3 Å². The summed E-state index contributed by atoms with van der Waals surface area (Å²) in [5.41, 5.74) is 0.480. The maximum Gasteiger partial charge on any atom is 0.237 e. The predicted molar refractivity (Wildman–Crippen MR) is 79.3 cm³/mol. The van der Waals surface area contributed by atoms with Gasteiger partial charge in [-0.2, -0.15) is 0 Å². The molecule has 1 fully saturated rings. The molecule has 1 aromatic rings. The standard InChI is InChI=1S/C17H19NO2/c19-12-9-14-13-18(15-7-3-1-4-8-15)16(20)17(14)10-5-2-6-11-17/h1-8,10,14,19H,9,11-13H2/t14-,17+/m1/s1. The van der Waals surface area contributed by atoms with Crippen LogP contribution in [0, 0.1) is 11.3 Å². The molecule has 0 saturated carbocycles. The van der Waals surface area contributed by atoms with Crippen LogP contribution in [-0.2, 0) is 4.79 Å². The molecule has 1 heterocycles. The molecule has 0 unspecified atom stereocenters. The zero-order valence-corrected chi connectivity index (χ0v) is 11.4. The van der Waals surface area contributed by atoms with E-state index in [9.17, 15) is 9.90 Å². The lowest BCUT2D eigenvalue weighted by Gasteiger charge is -2.29. The number of nitrogens with zero attached hydrogens (tertiary/aromatic N) is 1. The van der Waals surface area contributed by atoms with E-state index in [1.807, 2.05) is 53.5 Å². The smallest absolute Gasteiger partial charge is 0.237 e. The Morgan fingerprint density at radius 3 is 2.70 bits per heavy atom. The summed E-state index contributed by atoms with van der Waals surface area (Å²) in [5.74, 6) is 0.323. The molecule has 1 aromatic carbocycles. The van der Waals surface area contributed by atoms with E-state index in [4.69, 9.17) is 0 Å².